The summed E-state index contributed by atoms with van der Waals surface area (Å²) in [7, 11) is 3.83. The third kappa shape index (κ3) is 4.04. The smallest absolute Gasteiger partial charge is 0.0589 e. The van der Waals surface area contributed by atoms with Crippen LogP contribution in [0.1, 0.15) is 33.1 Å². The summed E-state index contributed by atoms with van der Waals surface area (Å²) in [6.45, 7) is 7.65. The van der Waals surface area contributed by atoms with Gasteiger partial charge in [-0.1, -0.05) is 6.92 Å². The maximum Gasteiger partial charge on any atom is 0.0589 e. The van der Waals surface area contributed by atoms with Gasteiger partial charge in [-0.25, -0.2) is 0 Å². The van der Waals surface area contributed by atoms with Crippen molar-refractivity contribution in [2.45, 2.75) is 45.2 Å². The normalized spacial score (nSPS) is 20.1. The molecule has 0 amide bonds. The minimum atomic E-state index is 0.649. The van der Waals surface area contributed by atoms with Crippen molar-refractivity contribution in [3.63, 3.8) is 0 Å². The fourth-order valence-electron chi connectivity index (χ4n) is 2.50. The Labute approximate surface area is 101 Å². The third-order valence-corrected chi connectivity index (χ3v) is 3.76. The van der Waals surface area contributed by atoms with Gasteiger partial charge in [-0.05, 0) is 39.2 Å². The van der Waals surface area contributed by atoms with Gasteiger partial charge >= 0.3 is 0 Å². The molecule has 96 valence electrons. The van der Waals surface area contributed by atoms with E-state index in [-0.39, 0.29) is 0 Å². The lowest BCUT2D eigenvalue weighted by atomic mass is 10.1. The summed E-state index contributed by atoms with van der Waals surface area (Å²) in [5.41, 5.74) is 0. The topological polar surface area (TPSA) is 24.5 Å². The van der Waals surface area contributed by atoms with Gasteiger partial charge in [-0.2, -0.15) is 0 Å². The predicted molar refractivity (Wildman–Crippen MR) is 68.8 cm³/mol. The van der Waals surface area contributed by atoms with E-state index in [9.17, 15) is 0 Å². The second-order valence-electron chi connectivity index (χ2n) is 4.93. The van der Waals surface area contributed by atoms with Gasteiger partial charge < -0.3 is 10.1 Å². The fraction of sp³-hybridized carbons (Fsp3) is 1.00. The molecular weight excluding hydrogens is 200 g/mol. The highest BCUT2D eigenvalue weighted by Gasteiger charge is 2.34. The van der Waals surface area contributed by atoms with E-state index in [4.69, 9.17) is 4.74 Å². The van der Waals surface area contributed by atoms with Crippen LogP contribution in [0.5, 0.6) is 0 Å². The van der Waals surface area contributed by atoms with Gasteiger partial charge in [0, 0.05) is 32.3 Å². The molecule has 0 aromatic rings. The van der Waals surface area contributed by atoms with E-state index in [1.807, 2.05) is 7.05 Å². The van der Waals surface area contributed by atoms with Gasteiger partial charge in [0.1, 0.15) is 0 Å². The minimum absolute atomic E-state index is 0.649. The minimum Gasteiger partial charge on any atom is -0.383 e. The van der Waals surface area contributed by atoms with Crippen LogP contribution in [0.4, 0.5) is 0 Å². The van der Waals surface area contributed by atoms with Gasteiger partial charge in [0.05, 0.1) is 6.61 Å². The first-order valence-electron chi connectivity index (χ1n) is 6.63. The predicted octanol–water partition coefficient (Wildman–Crippen LogP) is 1.73. The summed E-state index contributed by atoms with van der Waals surface area (Å²) < 4.78 is 5.23. The van der Waals surface area contributed by atoms with Crippen molar-refractivity contribution in [2.24, 2.45) is 5.92 Å². The summed E-state index contributed by atoms with van der Waals surface area (Å²) in [6.07, 6.45) is 4.04. The molecule has 16 heavy (non-hydrogen) atoms. The molecule has 1 saturated carbocycles. The Balaban J connectivity index is 2.51. The monoisotopic (exact) mass is 228 g/mol. The average molecular weight is 228 g/mol. The molecule has 0 spiro atoms. The Morgan fingerprint density at radius 1 is 1.44 bits per heavy atom. The zero-order valence-corrected chi connectivity index (χ0v) is 11.3. The maximum atomic E-state index is 5.23. The standard InChI is InChI=1S/C13H28N2O/c1-5-13(10-14-3)15(8-9-16-4)11(2)12-6-7-12/h11-14H,5-10H2,1-4H3. The Morgan fingerprint density at radius 2 is 2.12 bits per heavy atom. The summed E-state index contributed by atoms with van der Waals surface area (Å²) in [5.74, 6) is 0.933. The first-order valence-corrected chi connectivity index (χ1v) is 6.63. The van der Waals surface area contributed by atoms with Crippen molar-refractivity contribution in [1.82, 2.24) is 10.2 Å². The molecule has 0 saturated heterocycles. The third-order valence-electron chi connectivity index (χ3n) is 3.76. The van der Waals surface area contributed by atoms with Crippen molar-refractivity contribution in [2.75, 3.05) is 33.9 Å². The SMILES string of the molecule is CCC(CNC)N(CCOC)C(C)C1CC1. The molecule has 3 heteroatoms. The van der Waals surface area contributed by atoms with Crippen LogP contribution in [0, 0.1) is 5.92 Å². The molecule has 3 nitrogen and oxygen atoms in total. The van der Waals surface area contributed by atoms with Crippen LogP contribution >= 0.6 is 0 Å². The Bertz CT molecular complexity index is 183. The number of nitrogens with zero attached hydrogens (tertiary/aromatic N) is 1. The molecule has 0 heterocycles. The van der Waals surface area contributed by atoms with E-state index < -0.39 is 0 Å². The quantitative estimate of drug-likeness (QED) is 0.650. The highest BCUT2D eigenvalue weighted by molar-refractivity contribution is 4.88. The van der Waals surface area contributed by atoms with E-state index in [2.05, 4.69) is 24.1 Å². The van der Waals surface area contributed by atoms with Crippen molar-refractivity contribution in [1.29, 1.82) is 0 Å². The molecule has 1 rings (SSSR count). The Morgan fingerprint density at radius 3 is 2.56 bits per heavy atom. The zero-order valence-electron chi connectivity index (χ0n) is 11.3. The number of rotatable bonds is 9. The second-order valence-corrected chi connectivity index (χ2v) is 4.93. The first kappa shape index (κ1) is 13.9. The number of hydrogen-bond acceptors (Lipinski definition) is 3. The number of nitrogens with one attached hydrogen (secondary N) is 1. The first-order chi connectivity index (χ1) is 7.74. The van der Waals surface area contributed by atoms with Gasteiger partial charge in [0.25, 0.3) is 0 Å². The molecule has 1 fully saturated rings. The lowest BCUT2D eigenvalue weighted by Crippen LogP contribution is -2.48. The molecule has 0 bridgehead atoms. The number of hydrogen-bond donors (Lipinski definition) is 1. The summed E-state index contributed by atoms with van der Waals surface area (Å²) in [6, 6.07) is 1.36. The lowest BCUT2D eigenvalue weighted by molar-refractivity contribution is 0.0794. The largest absolute Gasteiger partial charge is 0.383 e. The lowest BCUT2D eigenvalue weighted by Gasteiger charge is -2.36. The van der Waals surface area contributed by atoms with Crippen LogP contribution in [0.15, 0.2) is 0 Å². The molecule has 2 unspecified atom stereocenters. The summed E-state index contributed by atoms with van der Waals surface area (Å²) in [4.78, 5) is 2.64. The number of methoxy groups -OCH3 is 1. The molecule has 0 aromatic heterocycles. The maximum absolute atomic E-state index is 5.23. The molecule has 2 atom stereocenters. The van der Waals surface area contributed by atoms with Gasteiger partial charge in [-0.15, -0.1) is 0 Å². The van der Waals surface area contributed by atoms with Gasteiger partial charge in [-0.3, -0.25) is 4.90 Å². The number of ether oxygens (including phenoxy) is 1. The molecule has 0 aromatic carbocycles. The van der Waals surface area contributed by atoms with Crippen molar-refractivity contribution in [3.8, 4) is 0 Å². The zero-order chi connectivity index (χ0) is 12.0. The van der Waals surface area contributed by atoms with Gasteiger partial charge in [0.2, 0.25) is 0 Å². The fourth-order valence-corrected chi connectivity index (χ4v) is 2.50. The van der Waals surface area contributed by atoms with Crippen LogP contribution in [0.25, 0.3) is 0 Å². The van der Waals surface area contributed by atoms with Gasteiger partial charge in [0.15, 0.2) is 0 Å². The average Bonchev–Trinajstić information content (AvgIpc) is 3.11. The van der Waals surface area contributed by atoms with E-state index >= 15 is 0 Å². The van der Waals surface area contributed by atoms with Crippen LogP contribution in [-0.4, -0.2) is 50.8 Å². The molecule has 0 aliphatic heterocycles. The van der Waals surface area contributed by atoms with E-state index in [1.165, 1.54) is 19.3 Å². The highest BCUT2D eigenvalue weighted by Crippen LogP contribution is 2.35. The number of likely N-dealkylation sites (N-methyl/N-ethyl adjacent to an activating group) is 1. The molecular formula is C13H28N2O. The van der Waals surface area contributed by atoms with Crippen LogP contribution < -0.4 is 5.32 Å². The Kier molecular flexibility index (Phi) is 6.32. The molecule has 1 N–H and O–H groups in total. The molecule has 0 radical (unpaired) electrons. The van der Waals surface area contributed by atoms with Crippen LogP contribution in [0.2, 0.25) is 0 Å². The van der Waals surface area contributed by atoms with Crippen molar-refractivity contribution >= 4 is 0 Å². The van der Waals surface area contributed by atoms with Crippen molar-refractivity contribution < 1.29 is 4.74 Å². The van der Waals surface area contributed by atoms with E-state index in [0.29, 0.717) is 12.1 Å². The summed E-state index contributed by atoms with van der Waals surface area (Å²) >= 11 is 0. The van der Waals surface area contributed by atoms with Crippen LogP contribution in [0.3, 0.4) is 0 Å². The van der Waals surface area contributed by atoms with Crippen molar-refractivity contribution in [3.05, 3.63) is 0 Å². The van der Waals surface area contributed by atoms with E-state index in [0.717, 1.165) is 25.6 Å². The van der Waals surface area contributed by atoms with E-state index in [1.54, 1.807) is 7.11 Å². The summed E-state index contributed by atoms with van der Waals surface area (Å²) in [5, 5.41) is 3.31. The molecule has 1 aliphatic carbocycles. The highest BCUT2D eigenvalue weighted by atomic mass is 16.5. The molecule has 1 aliphatic rings. The van der Waals surface area contributed by atoms with Crippen LogP contribution in [-0.2, 0) is 4.74 Å². The Hall–Kier alpha value is -0.120. The second kappa shape index (κ2) is 7.25.